The fourth-order valence-corrected chi connectivity index (χ4v) is 2.59. The van der Waals surface area contributed by atoms with Crippen LogP contribution in [0.3, 0.4) is 0 Å². The quantitative estimate of drug-likeness (QED) is 0.498. The molecule has 0 aliphatic carbocycles. The van der Waals surface area contributed by atoms with Gasteiger partial charge in [0.1, 0.15) is 0 Å². The van der Waals surface area contributed by atoms with E-state index < -0.39 is 0 Å². The highest BCUT2D eigenvalue weighted by atomic mass is 16.7. The maximum atomic E-state index is 12.0. The van der Waals surface area contributed by atoms with Gasteiger partial charge in [0.15, 0.2) is 0 Å². The molecule has 5 heteroatoms. The Morgan fingerprint density at radius 2 is 1.69 bits per heavy atom. The zero-order chi connectivity index (χ0) is 11.4. The van der Waals surface area contributed by atoms with Crippen molar-refractivity contribution in [1.82, 2.24) is 5.06 Å². The molecular weight excluding hydrogens is 210 g/mol. The molecule has 3 heterocycles. The Kier molecular flexibility index (Phi) is 1.96. The van der Waals surface area contributed by atoms with Crippen LogP contribution in [0.1, 0.15) is 13.8 Å². The summed E-state index contributed by atoms with van der Waals surface area (Å²) in [5.74, 6) is -1.27. The van der Waals surface area contributed by atoms with Crippen LogP contribution in [0.15, 0.2) is 12.2 Å². The third-order valence-electron chi connectivity index (χ3n) is 3.19. The highest BCUT2D eigenvalue weighted by Crippen LogP contribution is 2.45. The van der Waals surface area contributed by atoms with Crippen LogP contribution < -0.4 is 0 Å². The number of imide groups is 1. The van der Waals surface area contributed by atoms with Gasteiger partial charge in [-0.3, -0.25) is 14.4 Å². The molecule has 3 aliphatic heterocycles. The van der Waals surface area contributed by atoms with Gasteiger partial charge in [-0.15, -0.1) is 0 Å². The number of hydrogen-bond acceptors (Lipinski definition) is 4. The zero-order valence-corrected chi connectivity index (χ0v) is 9.12. The van der Waals surface area contributed by atoms with Crippen LogP contribution in [-0.4, -0.2) is 35.2 Å². The molecule has 4 unspecified atom stereocenters. The van der Waals surface area contributed by atoms with Crippen molar-refractivity contribution in [2.24, 2.45) is 11.8 Å². The molecule has 0 radical (unpaired) electrons. The van der Waals surface area contributed by atoms with Gasteiger partial charge in [-0.25, -0.2) is 0 Å². The van der Waals surface area contributed by atoms with E-state index in [0.29, 0.717) is 0 Å². The lowest BCUT2D eigenvalue weighted by atomic mass is 9.85. The third-order valence-corrected chi connectivity index (χ3v) is 3.19. The summed E-state index contributed by atoms with van der Waals surface area (Å²) >= 11 is 0. The van der Waals surface area contributed by atoms with Crippen molar-refractivity contribution in [3.05, 3.63) is 12.2 Å². The highest BCUT2D eigenvalue weighted by molar-refractivity contribution is 6.05. The van der Waals surface area contributed by atoms with Gasteiger partial charge in [-0.2, -0.15) is 5.06 Å². The smallest absolute Gasteiger partial charge is 0.260 e. The Hall–Kier alpha value is -1.20. The molecule has 3 rings (SSSR count). The molecule has 0 aromatic rings. The van der Waals surface area contributed by atoms with Crippen LogP contribution in [0.5, 0.6) is 0 Å². The summed E-state index contributed by atoms with van der Waals surface area (Å²) in [6, 6.07) is 0. The summed E-state index contributed by atoms with van der Waals surface area (Å²) < 4.78 is 5.50. The van der Waals surface area contributed by atoms with E-state index in [1.807, 2.05) is 12.2 Å². The van der Waals surface area contributed by atoms with E-state index in [0.717, 1.165) is 5.06 Å². The predicted molar refractivity (Wildman–Crippen MR) is 52.9 cm³/mol. The molecule has 2 saturated heterocycles. The van der Waals surface area contributed by atoms with Gasteiger partial charge in [0.25, 0.3) is 11.8 Å². The lowest BCUT2D eigenvalue weighted by Crippen LogP contribution is -2.36. The van der Waals surface area contributed by atoms with Crippen LogP contribution >= 0.6 is 0 Å². The minimum Gasteiger partial charge on any atom is -0.365 e. The van der Waals surface area contributed by atoms with Crippen molar-refractivity contribution in [2.75, 3.05) is 0 Å². The summed E-state index contributed by atoms with van der Waals surface area (Å²) in [6.45, 7) is 3.58. The van der Waals surface area contributed by atoms with E-state index >= 15 is 0 Å². The predicted octanol–water partition coefficient (Wildman–Crippen LogP) is 0.265. The summed E-state index contributed by atoms with van der Waals surface area (Å²) in [7, 11) is 0. The summed E-state index contributed by atoms with van der Waals surface area (Å²) in [6.07, 6.45) is 3.05. The lowest BCUT2D eigenvalue weighted by molar-refractivity contribution is -0.202. The summed E-state index contributed by atoms with van der Waals surface area (Å²) in [4.78, 5) is 29.2. The van der Waals surface area contributed by atoms with Crippen LogP contribution in [0.25, 0.3) is 0 Å². The van der Waals surface area contributed by atoms with Crippen molar-refractivity contribution in [1.29, 1.82) is 0 Å². The van der Waals surface area contributed by atoms with E-state index in [4.69, 9.17) is 9.57 Å². The molecule has 0 aromatic carbocycles. The largest absolute Gasteiger partial charge is 0.365 e. The van der Waals surface area contributed by atoms with Crippen molar-refractivity contribution < 1.29 is 19.2 Å². The number of nitrogens with zero attached hydrogens (tertiary/aromatic N) is 1. The van der Waals surface area contributed by atoms with Gasteiger partial charge in [-0.05, 0) is 13.8 Å². The van der Waals surface area contributed by atoms with E-state index in [1.54, 1.807) is 13.8 Å². The molecule has 0 N–H and O–H groups in total. The van der Waals surface area contributed by atoms with Crippen LogP contribution in [0, 0.1) is 11.8 Å². The SMILES string of the molecule is CC(C)ON1C(=O)C2C3C=CC(O3)C2C1=O. The highest BCUT2D eigenvalue weighted by Gasteiger charge is 2.61. The molecule has 2 bridgehead atoms. The number of carbonyl (C=O) groups excluding carboxylic acids is 2. The standard InChI is InChI=1S/C11H13NO4/c1-5(2)16-12-10(13)8-6-3-4-7(15-6)9(8)11(12)14/h3-9H,1-2H3. The molecule has 2 fully saturated rings. The van der Waals surface area contributed by atoms with Crippen molar-refractivity contribution in [3.63, 3.8) is 0 Å². The summed E-state index contributed by atoms with van der Waals surface area (Å²) in [5.41, 5.74) is 0. The molecule has 86 valence electrons. The number of rotatable bonds is 2. The first-order chi connectivity index (χ1) is 7.59. The van der Waals surface area contributed by atoms with Crippen molar-refractivity contribution >= 4 is 11.8 Å². The van der Waals surface area contributed by atoms with Crippen molar-refractivity contribution in [2.45, 2.75) is 32.2 Å². The van der Waals surface area contributed by atoms with Gasteiger partial charge >= 0.3 is 0 Å². The number of fused-ring (bicyclic) bond motifs is 5. The number of ether oxygens (including phenoxy) is 1. The van der Waals surface area contributed by atoms with E-state index in [-0.39, 0.29) is 42.0 Å². The molecule has 0 saturated carbocycles. The average molecular weight is 223 g/mol. The monoisotopic (exact) mass is 223 g/mol. The second kappa shape index (κ2) is 3.15. The van der Waals surface area contributed by atoms with Gasteiger partial charge in [0.2, 0.25) is 0 Å². The molecule has 0 spiro atoms. The van der Waals surface area contributed by atoms with E-state index in [2.05, 4.69) is 0 Å². The number of amides is 2. The Morgan fingerprint density at radius 1 is 1.19 bits per heavy atom. The number of hydrogen-bond donors (Lipinski definition) is 0. The first-order valence-corrected chi connectivity index (χ1v) is 5.48. The third kappa shape index (κ3) is 1.13. The zero-order valence-electron chi connectivity index (χ0n) is 9.12. The van der Waals surface area contributed by atoms with Gasteiger partial charge in [-0.1, -0.05) is 12.2 Å². The van der Waals surface area contributed by atoms with Crippen LogP contribution in [0.4, 0.5) is 0 Å². The normalized spacial score (nSPS) is 40.3. The van der Waals surface area contributed by atoms with E-state index in [1.165, 1.54) is 0 Å². The lowest BCUT2D eigenvalue weighted by Gasteiger charge is -2.18. The molecule has 3 aliphatic rings. The molecule has 0 aromatic heterocycles. The topological polar surface area (TPSA) is 55.8 Å². The number of hydroxylamine groups is 2. The Bertz CT molecular complexity index is 359. The second-order valence-corrected chi connectivity index (χ2v) is 4.63. The van der Waals surface area contributed by atoms with Crippen LogP contribution in [-0.2, 0) is 19.2 Å². The van der Waals surface area contributed by atoms with Crippen molar-refractivity contribution in [3.8, 4) is 0 Å². The maximum absolute atomic E-state index is 12.0. The summed E-state index contributed by atoms with van der Waals surface area (Å²) in [5, 5.41) is 0.926. The minimum atomic E-state index is -0.374. The van der Waals surface area contributed by atoms with E-state index in [9.17, 15) is 9.59 Å². The maximum Gasteiger partial charge on any atom is 0.260 e. The van der Waals surface area contributed by atoms with Gasteiger partial charge in [0, 0.05) is 0 Å². The number of carbonyl (C=O) groups is 2. The Labute approximate surface area is 92.9 Å². The average Bonchev–Trinajstić information content (AvgIpc) is 2.87. The molecule has 5 nitrogen and oxygen atoms in total. The first-order valence-electron chi connectivity index (χ1n) is 5.48. The fourth-order valence-electron chi connectivity index (χ4n) is 2.59. The van der Waals surface area contributed by atoms with Crippen LogP contribution in [0.2, 0.25) is 0 Å². The van der Waals surface area contributed by atoms with Gasteiger partial charge in [0.05, 0.1) is 30.1 Å². The van der Waals surface area contributed by atoms with Gasteiger partial charge < -0.3 is 4.74 Å². The first kappa shape index (κ1) is 9.99. The fraction of sp³-hybridized carbons (Fsp3) is 0.636. The molecule has 4 atom stereocenters. The Balaban J connectivity index is 1.89. The minimum absolute atomic E-state index is 0.182. The Morgan fingerprint density at radius 3 is 2.12 bits per heavy atom. The second-order valence-electron chi connectivity index (χ2n) is 4.63. The molecule has 16 heavy (non-hydrogen) atoms. The molecular formula is C11H13NO4. The molecule has 2 amide bonds.